The van der Waals surface area contributed by atoms with Gasteiger partial charge in [-0.1, -0.05) is 0 Å². The first kappa shape index (κ1) is 15.4. The largest absolute Gasteiger partial charge is 0.461 e. The molecular formula is C10H11F5N2O2. The molecule has 0 unspecified atom stereocenters. The number of hydrazine groups is 1. The van der Waals surface area contributed by atoms with Crippen LogP contribution in [0.5, 0.6) is 0 Å². The van der Waals surface area contributed by atoms with Crippen molar-refractivity contribution in [1.82, 2.24) is 10.9 Å². The maximum absolute atomic E-state index is 12.6. The monoisotopic (exact) mass is 286 g/mol. The summed E-state index contributed by atoms with van der Waals surface area (Å²) in [5.41, 5.74) is 3.89. The molecule has 1 aliphatic rings. The number of alkyl halides is 5. The summed E-state index contributed by atoms with van der Waals surface area (Å²) in [4.78, 5) is 22.0. The number of nitrogens with one attached hydrogen (secondary N) is 2. The summed E-state index contributed by atoms with van der Waals surface area (Å²) in [5.74, 6) is -8.42. The van der Waals surface area contributed by atoms with E-state index >= 15 is 0 Å². The number of carbonyl (C=O) groups excluding carboxylic acids is 2. The third-order valence-electron chi connectivity index (χ3n) is 2.34. The van der Waals surface area contributed by atoms with E-state index in [1.807, 2.05) is 0 Å². The van der Waals surface area contributed by atoms with Crippen molar-refractivity contribution < 1.29 is 31.5 Å². The molecule has 19 heavy (non-hydrogen) atoms. The van der Waals surface area contributed by atoms with Crippen LogP contribution in [-0.4, -0.2) is 23.8 Å². The Labute approximate surface area is 105 Å². The molecule has 1 fully saturated rings. The lowest BCUT2D eigenvalue weighted by Gasteiger charge is -2.17. The molecule has 0 bridgehead atoms. The minimum atomic E-state index is -5.95. The highest BCUT2D eigenvalue weighted by molar-refractivity contribution is 5.96. The van der Waals surface area contributed by atoms with Gasteiger partial charge < -0.3 is 5.43 Å². The summed E-state index contributed by atoms with van der Waals surface area (Å²) < 4.78 is 60.8. The van der Waals surface area contributed by atoms with E-state index in [0.29, 0.717) is 12.8 Å². The Morgan fingerprint density at radius 3 is 2.05 bits per heavy atom. The second-order valence-corrected chi connectivity index (χ2v) is 4.15. The summed E-state index contributed by atoms with van der Waals surface area (Å²) in [6, 6.07) is 0. The first-order valence-electron chi connectivity index (χ1n) is 5.29. The molecule has 9 heteroatoms. The molecule has 0 heterocycles. The second-order valence-electron chi connectivity index (χ2n) is 4.15. The fraction of sp³-hybridized carbons (Fsp3) is 0.600. The number of ketones is 1. The van der Waals surface area contributed by atoms with Gasteiger partial charge in [0.25, 0.3) is 0 Å². The maximum Gasteiger partial charge on any atom is 0.461 e. The second kappa shape index (κ2) is 5.14. The molecule has 0 saturated heterocycles. The lowest BCUT2D eigenvalue weighted by atomic mass is 10.2. The zero-order valence-corrected chi connectivity index (χ0v) is 9.78. The van der Waals surface area contributed by atoms with Crippen LogP contribution in [-0.2, 0) is 9.59 Å². The number of carbonyl (C=O) groups is 2. The van der Waals surface area contributed by atoms with E-state index in [1.165, 1.54) is 0 Å². The molecule has 4 nitrogen and oxygen atoms in total. The van der Waals surface area contributed by atoms with E-state index in [0.717, 1.165) is 6.92 Å². The molecule has 1 amide bonds. The molecular weight excluding hydrogens is 275 g/mol. The molecule has 1 rings (SSSR count). The van der Waals surface area contributed by atoms with Gasteiger partial charge in [0.15, 0.2) is 0 Å². The SMILES string of the molecule is CC(=CC(=O)C(F)(F)C(F)(F)F)NNC(=O)C1CC1. The van der Waals surface area contributed by atoms with Crippen molar-refractivity contribution in [2.24, 2.45) is 5.92 Å². The van der Waals surface area contributed by atoms with E-state index in [-0.39, 0.29) is 17.7 Å². The quantitative estimate of drug-likeness (QED) is 0.459. The lowest BCUT2D eigenvalue weighted by Crippen LogP contribution is -2.44. The van der Waals surface area contributed by atoms with E-state index in [2.05, 4.69) is 10.9 Å². The van der Waals surface area contributed by atoms with E-state index in [4.69, 9.17) is 0 Å². The van der Waals surface area contributed by atoms with Gasteiger partial charge in [0.1, 0.15) is 0 Å². The van der Waals surface area contributed by atoms with Crippen molar-refractivity contribution >= 4 is 11.7 Å². The smallest absolute Gasteiger partial charge is 0.303 e. The Hall–Kier alpha value is -1.67. The fourth-order valence-electron chi connectivity index (χ4n) is 1.07. The topological polar surface area (TPSA) is 58.2 Å². The van der Waals surface area contributed by atoms with Crippen LogP contribution in [0.1, 0.15) is 19.8 Å². The molecule has 0 atom stereocenters. The Kier molecular flexibility index (Phi) is 4.16. The summed E-state index contributed by atoms with van der Waals surface area (Å²) in [7, 11) is 0. The van der Waals surface area contributed by atoms with Crippen molar-refractivity contribution in [3.8, 4) is 0 Å². The van der Waals surface area contributed by atoms with Crippen molar-refractivity contribution in [2.75, 3.05) is 0 Å². The van der Waals surface area contributed by atoms with Crippen LogP contribution in [0.2, 0.25) is 0 Å². The van der Waals surface area contributed by atoms with Crippen molar-refractivity contribution in [2.45, 2.75) is 31.9 Å². The highest BCUT2D eigenvalue weighted by Gasteiger charge is 2.62. The van der Waals surface area contributed by atoms with Crippen LogP contribution < -0.4 is 10.9 Å². The molecule has 108 valence electrons. The molecule has 0 radical (unpaired) electrons. The van der Waals surface area contributed by atoms with E-state index < -0.39 is 23.8 Å². The summed E-state index contributed by atoms with van der Waals surface area (Å²) in [5, 5.41) is 0. The van der Waals surface area contributed by atoms with Crippen LogP contribution in [0.3, 0.4) is 0 Å². The van der Waals surface area contributed by atoms with Crippen LogP contribution in [0, 0.1) is 5.92 Å². The minimum absolute atomic E-state index is 0.0979. The predicted octanol–water partition coefficient (Wildman–Crippen LogP) is 1.69. The number of rotatable bonds is 5. The molecule has 0 aromatic heterocycles. The van der Waals surface area contributed by atoms with E-state index in [9.17, 15) is 31.5 Å². The van der Waals surface area contributed by atoms with Crippen molar-refractivity contribution in [1.29, 1.82) is 0 Å². The number of allylic oxidation sites excluding steroid dienone is 2. The van der Waals surface area contributed by atoms with Crippen molar-refractivity contribution in [3.05, 3.63) is 11.8 Å². The average molecular weight is 286 g/mol. The predicted molar refractivity (Wildman–Crippen MR) is 53.8 cm³/mol. The zero-order chi connectivity index (χ0) is 14.8. The van der Waals surface area contributed by atoms with Gasteiger partial charge in [-0.2, -0.15) is 22.0 Å². The van der Waals surface area contributed by atoms with Gasteiger partial charge in [-0.05, 0) is 19.8 Å². The summed E-state index contributed by atoms with van der Waals surface area (Å²) in [6.07, 6.45) is -4.46. The Morgan fingerprint density at radius 2 is 1.63 bits per heavy atom. The van der Waals surface area contributed by atoms with Crippen LogP contribution in [0.4, 0.5) is 22.0 Å². The highest BCUT2D eigenvalue weighted by atomic mass is 19.4. The number of hydrogen-bond donors (Lipinski definition) is 2. The molecule has 0 aromatic rings. The van der Waals surface area contributed by atoms with Gasteiger partial charge in [-0.3, -0.25) is 15.0 Å². The molecule has 1 saturated carbocycles. The Balaban J connectivity index is 2.57. The summed E-state index contributed by atoms with van der Waals surface area (Å²) >= 11 is 0. The normalized spacial score (nSPS) is 17.1. The first-order valence-corrected chi connectivity index (χ1v) is 5.29. The van der Waals surface area contributed by atoms with Crippen LogP contribution >= 0.6 is 0 Å². The van der Waals surface area contributed by atoms with Crippen LogP contribution in [0.15, 0.2) is 11.8 Å². The molecule has 0 spiro atoms. The van der Waals surface area contributed by atoms with Gasteiger partial charge in [-0.15, -0.1) is 0 Å². The van der Waals surface area contributed by atoms with Gasteiger partial charge >= 0.3 is 12.1 Å². The van der Waals surface area contributed by atoms with E-state index in [1.54, 1.807) is 0 Å². The van der Waals surface area contributed by atoms with Gasteiger partial charge in [0, 0.05) is 17.7 Å². The highest BCUT2D eigenvalue weighted by Crippen LogP contribution is 2.36. The number of halogens is 5. The maximum atomic E-state index is 12.6. The van der Waals surface area contributed by atoms with Gasteiger partial charge in [0.05, 0.1) is 0 Å². The van der Waals surface area contributed by atoms with Crippen molar-refractivity contribution in [3.63, 3.8) is 0 Å². The number of hydrogen-bond acceptors (Lipinski definition) is 3. The lowest BCUT2D eigenvalue weighted by molar-refractivity contribution is -0.266. The molecule has 0 aliphatic heterocycles. The standard InChI is InChI=1S/C10H11F5N2O2/c1-5(16-17-8(19)6-2-3-6)4-7(18)9(11,12)10(13,14)15/h4,6,16H,2-3H2,1H3,(H,17,19). The zero-order valence-electron chi connectivity index (χ0n) is 9.78. The fourth-order valence-corrected chi connectivity index (χ4v) is 1.07. The average Bonchev–Trinajstić information content (AvgIpc) is 3.07. The van der Waals surface area contributed by atoms with Gasteiger partial charge in [0.2, 0.25) is 11.7 Å². The summed E-state index contributed by atoms with van der Waals surface area (Å²) in [6.45, 7) is 1.08. The molecule has 0 aromatic carbocycles. The van der Waals surface area contributed by atoms with Crippen LogP contribution in [0.25, 0.3) is 0 Å². The van der Waals surface area contributed by atoms with Gasteiger partial charge in [-0.25, -0.2) is 0 Å². The third kappa shape index (κ3) is 3.90. The number of amides is 1. The Bertz CT molecular complexity index is 413. The molecule has 2 N–H and O–H groups in total. The third-order valence-corrected chi connectivity index (χ3v) is 2.34. The molecule has 1 aliphatic carbocycles. The Morgan fingerprint density at radius 1 is 1.11 bits per heavy atom. The first-order chi connectivity index (χ1) is 8.55. The minimum Gasteiger partial charge on any atom is -0.303 e.